The van der Waals surface area contributed by atoms with Crippen molar-refractivity contribution >= 4 is 39.3 Å². The minimum atomic E-state index is -0.992. The molecule has 0 saturated carbocycles. The minimum absolute atomic E-state index is 0.331. The molecule has 0 fully saturated rings. The number of benzene rings is 1. The number of hydrogen-bond acceptors (Lipinski definition) is 4. The zero-order valence-electron chi connectivity index (χ0n) is 7.81. The highest BCUT2D eigenvalue weighted by Gasteiger charge is 2.12. The fraction of sp³-hybridized carbons (Fsp3) is 0.222. The Kier molecular flexibility index (Phi) is 4.44. The van der Waals surface area contributed by atoms with Gasteiger partial charge in [0.05, 0.1) is 0 Å². The predicted octanol–water partition coefficient (Wildman–Crippen LogP) is 1.54. The molecule has 82 valence electrons. The standard InChI is InChI=1S/C9H11BrN2O2S/c10-6-3-5(11)1-2-8(6)15-4-7(12)9(13)14/h1-3,7H,4,11-12H2,(H,13,14). The topological polar surface area (TPSA) is 89.3 Å². The molecule has 0 spiro atoms. The number of nitrogen functional groups attached to an aromatic ring is 1. The number of carbonyl (C=O) groups is 1. The summed E-state index contributed by atoms with van der Waals surface area (Å²) in [5.74, 6) is -0.660. The van der Waals surface area contributed by atoms with Crippen LogP contribution in [0, 0.1) is 0 Å². The smallest absolute Gasteiger partial charge is 0.321 e. The van der Waals surface area contributed by atoms with Gasteiger partial charge < -0.3 is 16.6 Å². The molecule has 0 aliphatic rings. The van der Waals surface area contributed by atoms with E-state index in [-0.39, 0.29) is 0 Å². The molecule has 1 unspecified atom stereocenters. The molecule has 6 heteroatoms. The van der Waals surface area contributed by atoms with Crippen molar-refractivity contribution in [2.24, 2.45) is 5.73 Å². The Morgan fingerprint density at radius 3 is 2.80 bits per heavy atom. The number of hydrogen-bond donors (Lipinski definition) is 3. The summed E-state index contributed by atoms with van der Waals surface area (Å²) in [4.78, 5) is 11.4. The van der Waals surface area contributed by atoms with E-state index in [1.807, 2.05) is 6.07 Å². The van der Waals surface area contributed by atoms with Crippen LogP contribution in [0.15, 0.2) is 27.6 Å². The van der Waals surface area contributed by atoms with Gasteiger partial charge in [0.25, 0.3) is 0 Å². The van der Waals surface area contributed by atoms with E-state index in [1.54, 1.807) is 12.1 Å². The Hall–Kier alpha value is -0.720. The fourth-order valence-electron chi connectivity index (χ4n) is 0.885. The fourth-order valence-corrected chi connectivity index (χ4v) is 2.49. The third kappa shape index (κ3) is 3.73. The molecule has 1 rings (SSSR count). The van der Waals surface area contributed by atoms with Gasteiger partial charge in [0, 0.05) is 20.8 Å². The van der Waals surface area contributed by atoms with E-state index in [0.29, 0.717) is 11.4 Å². The Morgan fingerprint density at radius 2 is 2.27 bits per heavy atom. The Labute approximate surface area is 100 Å². The van der Waals surface area contributed by atoms with Gasteiger partial charge in [-0.3, -0.25) is 4.79 Å². The number of rotatable bonds is 4. The maximum absolute atomic E-state index is 10.5. The van der Waals surface area contributed by atoms with Gasteiger partial charge in [-0.25, -0.2) is 0 Å². The Bertz CT molecular complexity index is 373. The summed E-state index contributed by atoms with van der Waals surface area (Å²) in [6.45, 7) is 0. The second-order valence-corrected chi connectivity index (χ2v) is 4.86. The van der Waals surface area contributed by atoms with Crippen molar-refractivity contribution in [2.45, 2.75) is 10.9 Å². The summed E-state index contributed by atoms with van der Waals surface area (Å²) in [5.41, 5.74) is 11.6. The quantitative estimate of drug-likeness (QED) is 0.578. The molecular formula is C9H11BrN2O2S. The number of carboxylic acid groups (broad SMARTS) is 1. The minimum Gasteiger partial charge on any atom is -0.480 e. The van der Waals surface area contributed by atoms with Crippen LogP contribution in [0.2, 0.25) is 0 Å². The molecule has 1 aromatic rings. The lowest BCUT2D eigenvalue weighted by molar-refractivity contribution is -0.137. The van der Waals surface area contributed by atoms with Crippen LogP contribution in [0.4, 0.5) is 5.69 Å². The number of carboxylic acids is 1. The van der Waals surface area contributed by atoms with Gasteiger partial charge in [0.1, 0.15) is 6.04 Å². The first-order valence-corrected chi connectivity index (χ1v) is 5.95. The number of nitrogens with two attached hydrogens (primary N) is 2. The highest BCUT2D eigenvalue weighted by molar-refractivity contribution is 9.10. The molecule has 0 aliphatic heterocycles. The zero-order valence-corrected chi connectivity index (χ0v) is 10.2. The van der Waals surface area contributed by atoms with Crippen molar-refractivity contribution in [1.82, 2.24) is 0 Å². The molecule has 0 aliphatic carbocycles. The van der Waals surface area contributed by atoms with Crippen LogP contribution >= 0.6 is 27.7 Å². The number of aliphatic carboxylic acids is 1. The number of thioether (sulfide) groups is 1. The lowest BCUT2D eigenvalue weighted by Crippen LogP contribution is -2.32. The van der Waals surface area contributed by atoms with Crippen molar-refractivity contribution in [3.8, 4) is 0 Å². The first-order chi connectivity index (χ1) is 7.00. The maximum Gasteiger partial charge on any atom is 0.321 e. The normalized spacial score (nSPS) is 12.4. The maximum atomic E-state index is 10.5. The molecule has 0 heterocycles. The molecule has 1 aromatic carbocycles. The summed E-state index contributed by atoms with van der Waals surface area (Å²) >= 11 is 4.73. The lowest BCUT2D eigenvalue weighted by atomic mass is 10.3. The van der Waals surface area contributed by atoms with Crippen molar-refractivity contribution in [3.63, 3.8) is 0 Å². The third-order valence-corrected chi connectivity index (χ3v) is 3.80. The molecule has 0 radical (unpaired) electrons. The van der Waals surface area contributed by atoms with Gasteiger partial charge >= 0.3 is 5.97 Å². The van der Waals surface area contributed by atoms with E-state index in [0.717, 1.165) is 9.37 Å². The average molecular weight is 291 g/mol. The highest BCUT2D eigenvalue weighted by atomic mass is 79.9. The van der Waals surface area contributed by atoms with Crippen molar-refractivity contribution in [2.75, 3.05) is 11.5 Å². The van der Waals surface area contributed by atoms with E-state index in [2.05, 4.69) is 15.9 Å². The van der Waals surface area contributed by atoms with Gasteiger partial charge in [-0.05, 0) is 34.1 Å². The van der Waals surface area contributed by atoms with Crippen molar-refractivity contribution in [1.29, 1.82) is 0 Å². The predicted molar refractivity (Wildman–Crippen MR) is 64.9 cm³/mol. The highest BCUT2D eigenvalue weighted by Crippen LogP contribution is 2.29. The van der Waals surface area contributed by atoms with Crippen LogP contribution in [0.25, 0.3) is 0 Å². The van der Waals surface area contributed by atoms with Crippen LogP contribution in [0.5, 0.6) is 0 Å². The molecule has 1 atom stereocenters. The second kappa shape index (κ2) is 5.39. The lowest BCUT2D eigenvalue weighted by Gasteiger charge is -2.07. The molecule has 4 nitrogen and oxygen atoms in total. The monoisotopic (exact) mass is 290 g/mol. The summed E-state index contributed by atoms with van der Waals surface area (Å²) in [6, 6.07) is 4.52. The molecule has 0 aromatic heterocycles. The van der Waals surface area contributed by atoms with E-state index >= 15 is 0 Å². The molecule has 15 heavy (non-hydrogen) atoms. The van der Waals surface area contributed by atoms with Crippen molar-refractivity contribution in [3.05, 3.63) is 22.7 Å². The SMILES string of the molecule is Nc1ccc(SCC(N)C(=O)O)c(Br)c1. The van der Waals surface area contributed by atoms with E-state index in [9.17, 15) is 4.79 Å². The van der Waals surface area contributed by atoms with Crippen molar-refractivity contribution < 1.29 is 9.90 Å². The Balaban J connectivity index is 2.62. The molecule has 5 N–H and O–H groups in total. The second-order valence-electron chi connectivity index (χ2n) is 2.95. The molecule has 0 bridgehead atoms. The van der Waals surface area contributed by atoms with Gasteiger partial charge in [0.2, 0.25) is 0 Å². The van der Waals surface area contributed by atoms with Crippen LogP contribution in [0.3, 0.4) is 0 Å². The van der Waals surface area contributed by atoms with E-state index in [1.165, 1.54) is 11.8 Å². The van der Waals surface area contributed by atoms with Gasteiger partial charge in [0.15, 0.2) is 0 Å². The van der Waals surface area contributed by atoms with Crippen LogP contribution < -0.4 is 11.5 Å². The van der Waals surface area contributed by atoms with Crippen LogP contribution in [-0.2, 0) is 4.79 Å². The Morgan fingerprint density at radius 1 is 1.60 bits per heavy atom. The summed E-state index contributed by atoms with van der Waals surface area (Å²) in [5, 5.41) is 8.60. The largest absolute Gasteiger partial charge is 0.480 e. The molecule has 0 saturated heterocycles. The first-order valence-electron chi connectivity index (χ1n) is 4.17. The van der Waals surface area contributed by atoms with Gasteiger partial charge in [-0.2, -0.15) is 0 Å². The van der Waals surface area contributed by atoms with Crippen LogP contribution in [-0.4, -0.2) is 22.9 Å². The third-order valence-electron chi connectivity index (χ3n) is 1.69. The molecular weight excluding hydrogens is 280 g/mol. The summed E-state index contributed by atoms with van der Waals surface area (Å²) in [6.07, 6.45) is 0. The number of anilines is 1. The average Bonchev–Trinajstić information content (AvgIpc) is 2.15. The zero-order chi connectivity index (χ0) is 11.4. The summed E-state index contributed by atoms with van der Waals surface area (Å²) in [7, 11) is 0. The van der Waals surface area contributed by atoms with E-state index < -0.39 is 12.0 Å². The van der Waals surface area contributed by atoms with Gasteiger partial charge in [-0.1, -0.05) is 0 Å². The van der Waals surface area contributed by atoms with Gasteiger partial charge in [-0.15, -0.1) is 11.8 Å². The number of halogens is 1. The first kappa shape index (κ1) is 12.4. The summed E-state index contributed by atoms with van der Waals surface area (Å²) < 4.78 is 0.852. The molecule has 0 amide bonds. The van der Waals surface area contributed by atoms with E-state index in [4.69, 9.17) is 16.6 Å². The van der Waals surface area contributed by atoms with Crippen LogP contribution in [0.1, 0.15) is 0 Å².